The largest absolute Gasteiger partial charge is 0.350 e. The molecule has 3 heteroatoms. The lowest BCUT2D eigenvalue weighted by Gasteiger charge is -2.34. The summed E-state index contributed by atoms with van der Waals surface area (Å²) >= 11 is 0. The molecule has 0 radical (unpaired) electrons. The molecular formula is C14H28N2O. The molecule has 0 aromatic rings. The average molecular weight is 240 g/mol. The maximum absolute atomic E-state index is 12.2. The van der Waals surface area contributed by atoms with E-state index in [0.717, 1.165) is 25.8 Å². The maximum atomic E-state index is 12.2. The van der Waals surface area contributed by atoms with Crippen molar-refractivity contribution >= 4 is 5.91 Å². The summed E-state index contributed by atoms with van der Waals surface area (Å²) in [4.78, 5) is 12.2. The summed E-state index contributed by atoms with van der Waals surface area (Å²) in [6, 6.07) is 0.0196. The smallest absolute Gasteiger partial charge is 0.237 e. The van der Waals surface area contributed by atoms with Crippen LogP contribution >= 0.6 is 0 Å². The molecule has 0 saturated carbocycles. The minimum Gasteiger partial charge on any atom is -0.350 e. The lowest BCUT2D eigenvalue weighted by molar-refractivity contribution is -0.126. The first-order chi connectivity index (χ1) is 8.04. The van der Waals surface area contributed by atoms with E-state index in [1.807, 2.05) is 0 Å². The lowest BCUT2D eigenvalue weighted by atomic mass is 9.89. The Labute approximate surface area is 106 Å². The average Bonchev–Trinajstić information content (AvgIpc) is 2.38. The molecule has 1 aliphatic rings. The molecule has 1 rings (SSSR count). The van der Waals surface area contributed by atoms with E-state index < -0.39 is 0 Å². The fourth-order valence-corrected chi connectivity index (χ4v) is 2.38. The highest BCUT2D eigenvalue weighted by Gasteiger charge is 2.30. The van der Waals surface area contributed by atoms with Crippen molar-refractivity contribution in [1.82, 2.24) is 10.6 Å². The number of hydrogen-bond acceptors (Lipinski definition) is 2. The summed E-state index contributed by atoms with van der Waals surface area (Å²) in [5.41, 5.74) is -0.0437. The Morgan fingerprint density at radius 1 is 1.35 bits per heavy atom. The van der Waals surface area contributed by atoms with Gasteiger partial charge in [-0.15, -0.1) is 0 Å². The highest BCUT2D eigenvalue weighted by molar-refractivity contribution is 5.82. The van der Waals surface area contributed by atoms with Crippen molar-refractivity contribution in [2.75, 3.05) is 6.54 Å². The van der Waals surface area contributed by atoms with Gasteiger partial charge in [-0.25, -0.2) is 0 Å². The van der Waals surface area contributed by atoms with Gasteiger partial charge in [0.2, 0.25) is 5.91 Å². The monoisotopic (exact) mass is 240 g/mol. The second-order valence-corrected chi connectivity index (χ2v) is 5.56. The number of nitrogens with one attached hydrogen (secondary N) is 2. The zero-order valence-corrected chi connectivity index (χ0v) is 11.8. The van der Waals surface area contributed by atoms with Crippen LogP contribution in [0.15, 0.2) is 0 Å². The predicted molar refractivity (Wildman–Crippen MR) is 71.9 cm³/mol. The number of rotatable bonds is 5. The van der Waals surface area contributed by atoms with Crippen LogP contribution in [0.1, 0.15) is 59.8 Å². The molecular weight excluding hydrogens is 212 g/mol. The standard InChI is InChI=1S/C14H28N2O/c1-5-11-8-9-15-12(10-11)13(17)16-14(4,6-2)7-3/h11-12,15H,5-10H2,1-4H3,(H,16,17). The molecule has 0 spiro atoms. The quantitative estimate of drug-likeness (QED) is 0.775. The van der Waals surface area contributed by atoms with Gasteiger partial charge in [0.1, 0.15) is 0 Å². The lowest BCUT2D eigenvalue weighted by Crippen LogP contribution is -2.55. The van der Waals surface area contributed by atoms with Crippen molar-refractivity contribution in [2.24, 2.45) is 5.92 Å². The minimum atomic E-state index is -0.0437. The molecule has 0 aliphatic carbocycles. The molecule has 2 atom stereocenters. The summed E-state index contributed by atoms with van der Waals surface area (Å²) in [7, 11) is 0. The van der Waals surface area contributed by atoms with Crippen LogP contribution in [-0.4, -0.2) is 24.0 Å². The Morgan fingerprint density at radius 3 is 2.53 bits per heavy atom. The van der Waals surface area contributed by atoms with Gasteiger partial charge in [0.25, 0.3) is 0 Å². The van der Waals surface area contributed by atoms with E-state index in [4.69, 9.17) is 0 Å². The molecule has 17 heavy (non-hydrogen) atoms. The molecule has 0 bridgehead atoms. The molecule has 3 nitrogen and oxygen atoms in total. The minimum absolute atomic E-state index is 0.0196. The van der Waals surface area contributed by atoms with Crippen LogP contribution in [0.4, 0.5) is 0 Å². The Bertz CT molecular complexity index is 249. The van der Waals surface area contributed by atoms with Gasteiger partial charge >= 0.3 is 0 Å². The fraction of sp³-hybridized carbons (Fsp3) is 0.929. The Morgan fingerprint density at radius 2 is 2.00 bits per heavy atom. The van der Waals surface area contributed by atoms with Crippen molar-refractivity contribution in [2.45, 2.75) is 71.4 Å². The van der Waals surface area contributed by atoms with Crippen molar-refractivity contribution < 1.29 is 4.79 Å². The van der Waals surface area contributed by atoms with Crippen LogP contribution in [0.2, 0.25) is 0 Å². The molecule has 1 aliphatic heterocycles. The fourth-order valence-electron chi connectivity index (χ4n) is 2.38. The molecule has 0 aromatic heterocycles. The third-order valence-corrected chi connectivity index (χ3v) is 4.39. The van der Waals surface area contributed by atoms with Gasteiger partial charge < -0.3 is 10.6 Å². The van der Waals surface area contributed by atoms with Gasteiger partial charge in [-0.3, -0.25) is 4.79 Å². The third-order valence-electron chi connectivity index (χ3n) is 4.39. The number of piperidine rings is 1. The van der Waals surface area contributed by atoms with Crippen LogP contribution in [0.5, 0.6) is 0 Å². The van der Waals surface area contributed by atoms with Crippen LogP contribution in [-0.2, 0) is 4.79 Å². The molecule has 0 aromatic carbocycles. The number of carbonyl (C=O) groups is 1. The zero-order valence-electron chi connectivity index (χ0n) is 11.8. The second-order valence-electron chi connectivity index (χ2n) is 5.56. The summed E-state index contributed by atoms with van der Waals surface area (Å²) < 4.78 is 0. The molecule has 2 unspecified atom stereocenters. The van der Waals surface area contributed by atoms with Gasteiger partial charge in [-0.1, -0.05) is 27.2 Å². The van der Waals surface area contributed by atoms with E-state index in [1.54, 1.807) is 0 Å². The normalized spacial score (nSPS) is 25.6. The molecule has 1 heterocycles. The van der Waals surface area contributed by atoms with E-state index in [9.17, 15) is 4.79 Å². The van der Waals surface area contributed by atoms with Crippen molar-refractivity contribution in [3.8, 4) is 0 Å². The predicted octanol–water partition coefficient (Wildman–Crippen LogP) is 2.46. The summed E-state index contributed by atoms with van der Waals surface area (Å²) in [5, 5.41) is 6.55. The van der Waals surface area contributed by atoms with E-state index >= 15 is 0 Å². The number of amides is 1. The van der Waals surface area contributed by atoms with Gasteiger partial charge in [-0.05, 0) is 45.1 Å². The summed E-state index contributed by atoms with van der Waals surface area (Å²) in [6.07, 6.45) is 5.35. The molecule has 100 valence electrons. The van der Waals surface area contributed by atoms with Crippen LogP contribution in [0, 0.1) is 5.92 Å². The highest BCUT2D eigenvalue weighted by Crippen LogP contribution is 2.21. The SMILES string of the molecule is CCC1CCNC(C(=O)NC(C)(CC)CC)C1. The molecule has 1 amide bonds. The molecule has 1 fully saturated rings. The van der Waals surface area contributed by atoms with Crippen LogP contribution in [0.25, 0.3) is 0 Å². The van der Waals surface area contributed by atoms with Gasteiger partial charge in [0.15, 0.2) is 0 Å². The van der Waals surface area contributed by atoms with E-state index in [-0.39, 0.29) is 17.5 Å². The maximum Gasteiger partial charge on any atom is 0.237 e. The number of hydrogen-bond donors (Lipinski definition) is 2. The van der Waals surface area contributed by atoms with Gasteiger partial charge in [-0.2, -0.15) is 0 Å². The Kier molecular flexibility index (Phi) is 5.44. The van der Waals surface area contributed by atoms with Crippen LogP contribution < -0.4 is 10.6 Å². The van der Waals surface area contributed by atoms with Crippen molar-refractivity contribution in [3.63, 3.8) is 0 Å². The Balaban J connectivity index is 2.52. The highest BCUT2D eigenvalue weighted by atomic mass is 16.2. The summed E-state index contributed by atoms with van der Waals surface area (Å²) in [5.74, 6) is 0.899. The first-order valence-corrected chi connectivity index (χ1v) is 7.10. The van der Waals surface area contributed by atoms with Gasteiger partial charge in [0.05, 0.1) is 6.04 Å². The number of carbonyl (C=O) groups excluding carboxylic acids is 1. The van der Waals surface area contributed by atoms with E-state index in [2.05, 4.69) is 38.3 Å². The zero-order chi connectivity index (χ0) is 12.9. The van der Waals surface area contributed by atoms with E-state index in [1.165, 1.54) is 12.8 Å². The third kappa shape index (κ3) is 3.98. The first-order valence-electron chi connectivity index (χ1n) is 7.10. The van der Waals surface area contributed by atoms with Crippen molar-refractivity contribution in [3.05, 3.63) is 0 Å². The molecule has 2 N–H and O–H groups in total. The van der Waals surface area contributed by atoms with E-state index in [0.29, 0.717) is 5.92 Å². The molecule has 1 saturated heterocycles. The topological polar surface area (TPSA) is 41.1 Å². The first kappa shape index (κ1) is 14.5. The van der Waals surface area contributed by atoms with Crippen molar-refractivity contribution in [1.29, 1.82) is 0 Å². The second kappa shape index (κ2) is 6.39. The van der Waals surface area contributed by atoms with Gasteiger partial charge in [0, 0.05) is 5.54 Å². The summed E-state index contributed by atoms with van der Waals surface area (Å²) in [6.45, 7) is 9.59. The van der Waals surface area contributed by atoms with Crippen LogP contribution in [0.3, 0.4) is 0 Å². The Hall–Kier alpha value is -0.570.